The third-order valence-corrected chi connectivity index (χ3v) is 3.22. The van der Waals surface area contributed by atoms with Crippen LogP contribution in [0.3, 0.4) is 0 Å². The molecule has 1 atom stereocenters. The summed E-state index contributed by atoms with van der Waals surface area (Å²) in [6.45, 7) is 2.20. The highest BCUT2D eigenvalue weighted by Crippen LogP contribution is 2.20. The van der Waals surface area contributed by atoms with E-state index in [9.17, 15) is 0 Å². The fourth-order valence-electron chi connectivity index (χ4n) is 1.20. The van der Waals surface area contributed by atoms with E-state index in [-0.39, 0.29) is 6.10 Å². The normalized spacial score (nSPS) is 13.0. The molecule has 0 spiro atoms. The lowest BCUT2D eigenvalue weighted by atomic mass is 10.3. The maximum Gasteiger partial charge on any atom is 0.0931 e. The Morgan fingerprint density at radius 2 is 2.27 bits per heavy atom. The largest absolute Gasteiger partial charge is 0.382 e. The lowest BCUT2D eigenvalue weighted by Crippen LogP contribution is -2.31. The first-order valence-corrected chi connectivity index (χ1v) is 5.92. The minimum absolute atomic E-state index is 0.102. The molecule has 0 saturated heterocycles. The zero-order valence-electron chi connectivity index (χ0n) is 8.96. The molecule has 0 fully saturated rings. The summed E-state index contributed by atoms with van der Waals surface area (Å²) in [5, 5.41) is 3.30. The number of nitrogens with one attached hydrogen (secondary N) is 1. The van der Waals surface area contributed by atoms with Gasteiger partial charge in [0.15, 0.2) is 0 Å². The first kappa shape index (κ1) is 12.9. The van der Waals surface area contributed by atoms with Gasteiger partial charge in [-0.2, -0.15) is 0 Å². The van der Waals surface area contributed by atoms with Crippen LogP contribution in [0.5, 0.6) is 0 Å². The molecule has 1 aromatic heterocycles. The van der Waals surface area contributed by atoms with Crippen molar-refractivity contribution in [3.05, 3.63) is 21.3 Å². The van der Waals surface area contributed by atoms with Gasteiger partial charge in [-0.3, -0.25) is 0 Å². The topological polar surface area (TPSA) is 30.5 Å². The number of rotatable bonds is 7. The fraction of sp³-hybridized carbons (Fsp3) is 0.600. The van der Waals surface area contributed by atoms with Gasteiger partial charge in [-0.25, -0.2) is 0 Å². The minimum atomic E-state index is 0.102. The summed E-state index contributed by atoms with van der Waals surface area (Å²) >= 11 is 7.42. The summed E-state index contributed by atoms with van der Waals surface area (Å²) in [5.41, 5.74) is 0. The minimum Gasteiger partial charge on any atom is -0.382 e. The molecule has 1 heterocycles. The molecule has 5 heteroatoms. The van der Waals surface area contributed by atoms with Gasteiger partial charge in [-0.1, -0.05) is 11.6 Å². The fourth-order valence-corrected chi connectivity index (χ4v) is 2.26. The second kappa shape index (κ2) is 7.19. The van der Waals surface area contributed by atoms with E-state index in [1.165, 1.54) is 4.88 Å². The van der Waals surface area contributed by atoms with Gasteiger partial charge in [0.1, 0.15) is 0 Å². The van der Waals surface area contributed by atoms with E-state index < -0.39 is 0 Å². The molecule has 0 aliphatic rings. The van der Waals surface area contributed by atoms with Gasteiger partial charge in [0, 0.05) is 32.2 Å². The lowest BCUT2D eigenvalue weighted by Gasteiger charge is -2.14. The molecule has 1 aromatic rings. The Bertz CT molecular complexity index is 280. The lowest BCUT2D eigenvalue weighted by molar-refractivity contribution is 0.0288. The van der Waals surface area contributed by atoms with Crippen molar-refractivity contribution in [2.75, 3.05) is 27.4 Å². The molecule has 3 nitrogen and oxygen atoms in total. The Morgan fingerprint density at radius 3 is 2.80 bits per heavy atom. The standard InChI is InChI=1S/C10H16ClNO2S/c1-13-7-8(14-2)5-12-6-9-3-4-10(11)15-9/h3-4,8,12H,5-7H2,1-2H3. The van der Waals surface area contributed by atoms with E-state index >= 15 is 0 Å². The van der Waals surface area contributed by atoms with Gasteiger partial charge in [-0.05, 0) is 12.1 Å². The zero-order valence-corrected chi connectivity index (χ0v) is 10.5. The van der Waals surface area contributed by atoms with Crippen molar-refractivity contribution in [1.82, 2.24) is 5.32 Å². The monoisotopic (exact) mass is 249 g/mol. The number of hydrogen-bond donors (Lipinski definition) is 1. The van der Waals surface area contributed by atoms with Crippen molar-refractivity contribution in [2.24, 2.45) is 0 Å². The Hall–Kier alpha value is -0.130. The van der Waals surface area contributed by atoms with Gasteiger partial charge in [0.2, 0.25) is 0 Å². The van der Waals surface area contributed by atoms with Gasteiger partial charge < -0.3 is 14.8 Å². The highest BCUT2D eigenvalue weighted by Gasteiger charge is 2.06. The molecule has 86 valence electrons. The molecular formula is C10H16ClNO2S. The van der Waals surface area contributed by atoms with Crippen LogP contribution in [0.2, 0.25) is 4.34 Å². The summed E-state index contributed by atoms with van der Waals surface area (Å²) in [4.78, 5) is 1.23. The van der Waals surface area contributed by atoms with Crippen LogP contribution in [0.1, 0.15) is 4.88 Å². The summed E-state index contributed by atoms with van der Waals surface area (Å²) in [6.07, 6.45) is 0.102. The predicted molar refractivity (Wildman–Crippen MR) is 63.7 cm³/mol. The van der Waals surface area contributed by atoms with Gasteiger partial charge in [0.25, 0.3) is 0 Å². The Kier molecular flexibility index (Phi) is 6.20. The molecule has 1 rings (SSSR count). The van der Waals surface area contributed by atoms with Crippen LogP contribution in [-0.2, 0) is 16.0 Å². The van der Waals surface area contributed by atoms with Crippen LogP contribution in [-0.4, -0.2) is 33.5 Å². The third kappa shape index (κ3) is 4.95. The number of halogens is 1. The second-order valence-electron chi connectivity index (χ2n) is 3.15. The van der Waals surface area contributed by atoms with Crippen LogP contribution in [0.4, 0.5) is 0 Å². The summed E-state index contributed by atoms with van der Waals surface area (Å²) < 4.78 is 11.1. The second-order valence-corrected chi connectivity index (χ2v) is 4.95. The number of hydrogen-bond acceptors (Lipinski definition) is 4. The molecule has 0 saturated carbocycles. The smallest absolute Gasteiger partial charge is 0.0931 e. The van der Waals surface area contributed by atoms with Crippen LogP contribution in [0, 0.1) is 0 Å². The average Bonchev–Trinajstić information content (AvgIpc) is 2.63. The van der Waals surface area contributed by atoms with Gasteiger partial charge in [-0.15, -0.1) is 11.3 Å². The quantitative estimate of drug-likeness (QED) is 0.803. The van der Waals surface area contributed by atoms with Crippen molar-refractivity contribution < 1.29 is 9.47 Å². The molecule has 1 unspecified atom stereocenters. The molecule has 0 aromatic carbocycles. The van der Waals surface area contributed by atoms with E-state index in [1.54, 1.807) is 25.6 Å². The number of methoxy groups -OCH3 is 2. The van der Waals surface area contributed by atoms with Gasteiger partial charge >= 0.3 is 0 Å². The molecule has 0 aliphatic heterocycles. The summed E-state index contributed by atoms with van der Waals surface area (Å²) in [6, 6.07) is 3.93. The highest BCUT2D eigenvalue weighted by molar-refractivity contribution is 7.16. The molecule has 0 bridgehead atoms. The maximum absolute atomic E-state index is 5.82. The molecule has 0 amide bonds. The Labute approximate surface area is 99.3 Å². The first-order valence-electron chi connectivity index (χ1n) is 4.73. The van der Waals surface area contributed by atoms with Crippen LogP contribution in [0.25, 0.3) is 0 Å². The zero-order chi connectivity index (χ0) is 11.1. The molecule has 0 aliphatic carbocycles. The number of ether oxygens (including phenoxy) is 2. The predicted octanol–water partition coefficient (Wildman–Crippen LogP) is 2.15. The van der Waals surface area contributed by atoms with Crippen molar-refractivity contribution in [2.45, 2.75) is 12.6 Å². The van der Waals surface area contributed by atoms with Crippen LogP contribution >= 0.6 is 22.9 Å². The highest BCUT2D eigenvalue weighted by atomic mass is 35.5. The first-order chi connectivity index (χ1) is 7.26. The molecular weight excluding hydrogens is 234 g/mol. The van der Waals surface area contributed by atoms with E-state index in [0.717, 1.165) is 17.4 Å². The van der Waals surface area contributed by atoms with Crippen LogP contribution in [0.15, 0.2) is 12.1 Å². The average molecular weight is 250 g/mol. The molecule has 0 radical (unpaired) electrons. The van der Waals surface area contributed by atoms with E-state index in [4.69, 9.17) is 21.1 Å². The van der Waals surface area contributed by atoms with Crippen LogP contribution < -0.4 is 5.32 Å². The summed E-state index contributed by atoms with van der Waals surface area (Å²) in [7, 11) is 3.36. The maximum atomic E-state index is 5.82. The van der Waals surface area contributed by atoms with Crippen molar-refractivity contribution in [1.29, 1.82) is 0 Å². The SMILES string of the molecule is COCC(CNCc1ccc(Cl)s1)OC. The van der Waals surface area contributed by atoms with E-state index in [0.29, 0.717) is 6.61 Å². The molecule has 15 heavy (non-hydrogen) atoms. The Morgan fingerprint density at radius 1 is 1.47 bits per heavy atom. The Balaban J connectivity index is 2.20. The summed E-state index contributed by atoms with van der Waals surface area (Å²) in [5.74, 6) is 0. The third-order valence-electron chi connectivity index (χ3n) is 1.99. The van der Waals surface area contributed by atoms with Crippen molar-refractivity contribution >= 4 is 22.9 Å². The van der Waals surface area contributed by atoms with Crippen molar-refractivity contribution in [3.8, 4) is 0 Å². The van der Waals surface area contributed by atoms with Gasteiger partial charge in [0.05, 0.1) is 17.0 Å². The molecule has 1 N–H and O–H groups in total. The number of thiophene rings is 1. The van der Waals surface area contributed by atoms with E-state index in [1.807, 2.05) is 12.1 Å². The van der Waals surface area contributed by atoms with Crippen molar-refractivity contribution in [3.63, 3.8) is 0 Å². The van der Waals surface area contributed by atoms with E-state index in [2.05, 4.69) is 5.32 Å².